The predicted molar refractivity (Wildman–Crippen MR) is 72.6 cm³/mol. The van der Waals surface area contributed by atoms with Gasteiger partial charge in [-0.1, -0.05) is 26.0 Å². The molecule has 0 spiro atoms. The second-order valence-electron chi connectivity index (χ2n) is 4.21. The van der Waals surface area contributed by atoms with Gasteiger partial charge in [0.25, 0.3) is 0 Å². The Morgan fingerprint density at radius 2 is 2.06 bits per heavy atom. The molecule has 1 aromatic carbocycles. The molecule has 0 amide bonds. The van der Waals surface area contributed by atoms with Gasteiger partial charge in [-0.3, -0.25) is 0 Å². The molecule has 2 aromatic rings. The fraction of sp³-hybridized carbons (Fsp3) is 0.267. The van der Waals surface area contributed by atoms with Gasteiger partial charge < -0.3 is 4.98 Å². The largest absolute Gasteiger partial charge is 0.301 e. The van der Waals surface area contributed by atoms with Crippen LogP contribution in [0.4, 0.5) is 0 Å². The number of aromatic nitrogens is 1. The molecule has 0 N–H and O–H groups in total. The molecule has 18 heavy (non-hydrogen) atoms. The van der Waals surface area contributed by atoms with E-state index in [-0.39, 0.29) is 20.1 Å². The zero-order chi connectivity index (χ0) is 12.3. The molecular formula is C15H15IrNSi-. The van der Waals surface area contributed by atoms with Crippen molar-refractivity contribution in [2.24, 2.45) is 0 Å². The van der Waals surface area contributed by atoms with E-state index in [2.05, 4.69) is 36.2 Å². The summed E-state index contributed by atoms with van der Waals surface area (Å²) in [5.74, 6) is 0.464. The maximum atomic E-state index is 4.73. The number of hydrogen-bond acceptors (Lipinski definition) is 1. The third-order valence-corrected chi connectivity index (χ3v) is 3.41. The quantitative estimate of drug-likeness (QED) is 0.540. The molecule has 0 bridgehead atoms. The molecule has 0 saturated heterocycles. The van der Waals surface area contributed by atoms with Gasteiger partial charge in [0.1, 0.15) is 0 Å². The van der Waals surface area contributed by atoms with Crippen LogP contribution < -0.4 is 5.19 Å². The van der Waals surface area contributed by atoms with Crippen LogP contribution in [-0.4, -0.2) is 15.2 Å². The molecule has 0 aliphatic rings. The van der Waals surface area contributed by atoms with E-state index in [1.54, 1.807) is 0 Å². The van der Waals surface area contributed by atoms with E-state index in [0.29, 0.717) is 5.92 Å². The predicted octanol–water partition coefficient (Wildman–Crippen LogP) is 2.85. The molecule has 1 nitrogen and oxygen atoms in total. The number of benzene rings is 1. The van der Waals surface area contributed by atoms with Crippen LogP contribution >= 0.6 is 0 Å². The first-order chi connectivity index (χ1) is 8.22. The molecule has 3 heteroatoms. The second-order valence-corrected chi connectivity index (χ2v) is 4.75. The van der Waals surface area contributed by atoms with Crippen molar-refractivity contribution in [1.82, 2.24) is 4.98 Å². The van der Waals surface area contributed by atoms with Crippen LogP contribution in [0.15, 0.2) is 36.4 Å². The maximum absolute atomic E-state index is 4.73. The fourth-order valence-electron chi connectivity index (χ4n) is 1.75. The molecule has 0 fully saturated rings. The van der Waals surface area contributed by atoms with Gasteiger partial charge >= 0.3 is 0 Å². The summed E-state index contributed by atoms with van der Waals surface area (Å²) in [6, 6.07) is 15.2. The van der Waals surface area contributed by atoms with Gasteiger partial charge in [-0.15, -0.1) is 35.9 Å². The van der Waals surface area contributed by atoms with E-state index in [1.165, 1.54) is 0 Å². The van der Waals surface area contributed by atoms with E-state index >= 15 is 0 Å². The van der Waals surface area contributed by atoms with Crippen molar-refractivity contribution in [3.63, 3.8) is 0 Å². The number of hydrogen-bond donors (Lipinski definition) is 0. The summed E-state index contributed by atoms with van der Waals surface area (Å²) >= 11 is 0. The number of nitrogens with zero attached hydrogens (tertiary/aromatic N) is 1. The van der Waals surface area contributed by atoms with Crippen molar-refractivity contribution in [3.8, 4) is 11.3 Å². The van der Waals surface area contributed by atoms with E-state index in [1.807, 2.05) is 30.3 Å². The number of rotatable bonds is 3. The fourth-order valence-corrected chi connectivity index (χ4v) is 2.13. The molecular weight excluding hydrogens is 414 g/mol. The van der Waals surface area contributed by atoms with Crippen LogP contribution in [-0.2, 0) is 20.1 Å². The Kier molecular flexibility index (Phi) is 5.93. The average molecular weight is 430 g/mol. The van der Waals surface area contributed by atoms with E-state index in [0.717, 1.165) is 28.6 Å². The summed E-state index contributed by atoms with van der Waals surface area (Å²) in [4.78, 5) is 4.73. The third kappa shape index (κ3) is 3.38. The zero-order valence-electron chi connectivity index (χ0n) is 10.5. The van der Waals surface area contributed by atoms with Gasteiger partial charge in [-0.05, 0) is 23.2 Å². The summed E-state index contributed by atoms with van der Waals surface area (Å²) < 4.78 is 0. The first-order valence-electron chi connectivity index (χ1n) is 5.92. The Morgan fingerprint density at radius 3 is 2.67 bits per heavy atom. The first kappa shape index (κ1) is 15.3. The molecule has 0 aliphatic carbocycles. The molecule has 1 atom stereocenters. The van der Waals surface area contributed by atoms with Crippen LogP contribution in [0.1, 0.15) is 31.9 Å². The molecule has 0 aliphatic heterocycles. The molecule has 4 radical (unpaired) electrons. The van der Waals surface area contributed by atoms with Gasteiger partial charge in [0.2, 0.25) is 0 Å². The monoisotopic (exact) mass is 430 g/mol. The normalized spacial score (nSPS) is 11.7. The summed E-state index contributed by atoms with van der Waals surface area (Å²) in [5.41, 5.74) is 3.16. The van der Waals surface area contributed by atoms with Crippen molar-refractivity contribution in [2.45, 2.75) is 26.2 Å². The Hall–Kier alpha value is -0.764. The summed E-state index contributed by atoms with van der Waals surface area (Å²) in [6.45, 7) is 4.38. The Labute approximate surface area is 126 Å². The van der Waals surface area contributed by atoms with Crippen molar-refractivity contribution in [3.05, 3.63) is 48.2 Å². The second kappa shape index (κ2) is 6.98. The zero-order valence-corrected chi connectivity index (χ0v) is 13.9. The minimum absolute atomic E-state index is 0. The molecule has 1 heterocycles. The van der Waals surface area contributed by atoms with Crippen LogP contribution in [0.25, 0.3) is 11.3 Å². The van der Waals surface area contributed by atoms with Crippen LogP contribution in [0, 0.1) is 6.07 Å². The molecule has 1 aromatic heterocycles. The third-order valence-electron chi connectivity index (χ3n) is 2.99. The smallest absolute Gasteiger partial charge is 0.0736 e. The SMILES string of the molecule is CCC(C)c1nc(-c2[c-]cccc2)ccc1[Si].[Ir]. The molecule has 1 unspecified atom stereocenters. The molecule has 0 saturated carbocycles. The van der Waals surface area contributed by atoms with Crippen LogP contribution in [0.5, 0.6) is 0 Å². The standard InChI is InChI=1S/C15H15NSi.Ir/c1-3-11(2)15-14(17)10-9-13(16-15)12-7-5-4-6-8-12;/h4-7,9-11H,3H2,1-2H3;/q-1;. The minimum Gasteiger partial charge on any atom is -0.301 e. The Balaban J connectivity index is 0.00000162. The van der Waals surface area contributed by atoms with E-state index < -0.39 is 0 Å². The van der Waals surface area contributed by atoms with Crippen LogP contribution in [0.3, 0.4) is 0 Å². The van der Waals surface area contributed by atoms with E-state index in [4.69, 9.17) is 4.98 Å². The van der Waals surface area contributed by atoms with Crippen molar-refractivity contribution in [2.75, 3.05) is 0 Å². The first-order valence-corrected chi connectivity index (χ1v) is 6.42. The minimum atomic E-state index is 0. The Bertz CT molecular complexity index is 499. The van der Waals surface area contributed by atoms with Gasteiger partial charge in [-0.25, -0.2) is 0 Å². The maximum Gasteiger partial charge on any atom is 0.0736 e. The average Bonchev–Trinajstić information content (AvgIpc) is 2.39. The van der Waals surface area contributed by atoms with Gasteiger partial charge in [0.15, 0.2) is 0 Å². The van der Waals surface area contributed by atoms with Crippen molar-refractivity contribution in [1.29, 1.82) is 0 Å². The van der Waals surface area contributed by atoms with Crippen LogP contribution in [0.2, 0.25) is 0 Å². The van der Waals surface area contributed by atoms with Crippen molar-refractivity contribution < 1.29 is 20.1 Å². The van der Waals surface area contributed by atoms with Gasteiger partial charge in [-0.2, -0.15) is 0 Å². The summed E-state index contributed by atoms with van der Waals surface area (Å²) in [7, 11) is 3.63. The van der Waals surface area contributed by atoms with Crippen molar-refractivity contribution >= 4 is 15.4 Å². The molecule has 94 valence electrons. The topological polar surface area (TPSA) is 12.9 Å². The van der Waals surface area contributed by atoms with Gasteiger partial charge in [0.05, 0.1) is 10.2 Å². The summed E-state index contributed by atoms with van der Waals surface area (Å²) in [5, 5.41) is 1.08. The van der Waals surface area contributed by atoms with E-state index in [9.17, 15) is 0 Å². The summed E-state index contributed by atoms with van der Waals surface area (Å²) in [6.07, 6.45) is 1.09. The van der Waals surface area contributed by atoms with Gasteiger partial charge in [0, 0.05) is 25.8 Å². The molecule has 2 rings (SSSR count). The number of pyridine rings is 1. The Morgan fingerprint density at radius 1 is 1.28 bits per heavy atom.